The van der Waals surface area contributed by atoms with Crippen molar-refractivity contribution in [2.24, 2.45) is 0 Å². The fourth-order valence-corrected chi connectivity index (χ4v) is 2.14. The first kappa shape index (κ1) is 14.8. The summed E-state index contributed by atoms with van der Waals surface area (Å²) < 4.78 is 11.1. The summed E-state index contributed by atoms with van der Waals surface area (Å²) in [4.78, 5) is 18.2. The van der Waals surface area contributed by atoms with Gasteiger partial charge in [-0.15, -0.1) is 0 Å². The lowest BCUT2D eigenvalue weighted by molar-refractivity contribution is -0.0449. The monoisotopic (exact) mass is 278 g/mol. The topological polar surface area (TPSA) is 51.7 Å². The number of aromatic nitrogens is 1. The summed E-state index contributed by atoms with van der Waals surface area (Å²) in [6, 6.07) is 3.89. The van der Waals surface area contributed by atoms with E-state index in [1.807, 2.05) is 39.8 Å². The molecule has 0 aromatic carbocycles. The van der Waals surface area contributed by atoms with Crippen LogP contribution in [0.4, 0.5) is 4.79 Å². The molecule has 1 aromatic heterocycles. The van der Waals surface area contributed by atoms with Crippen LogP contribution < -0.4 is 0 Å². The Balaban J connectivity index is 2.06. The molecule has 0 saturated carbocycles. The van der Waals surface area contributed by atoms with E-state index in [9.17, 15) is 4.79 Å². The molecule has 2 heterocycles. The van der Waals surface area contributed by atoms with Gasteiger partial charge in [-0.05, 0) is 39.3 Å². The van der Waals surface area contributed by atoms with Crippen LogP contribution in [0.5, 0.6) is 0 Å². The predicted octanol–water partition coefficient (Wildman–Crippen LogP) is 2.70. The largest absolute Gasteiger partial charge is 0.444 e. The van der Waals surface area contributed by atoms with E-state index >= 15 is 0 Å². The Labute approximate surface area is 119 Å². The molecule has 110 valence electrons. The van der Waals surface area contributed by atoms with Crippen LogP contribution in [0.3, 0.4) is 0 Å². The third-order valence-electron chi connectivity index (χ3n) is 3.07. The molecule has 1 amide bonds. The van der Waals surface area contributed by atoms with Crippen molar-refractivity contribution in [2.45, 2.75) is 39.4 Å². The highest BCUT2D eigenvalue weighted by Gasteiger charge is 2.30. The van der Waals surface area contributed by atoms with Crippen LogP contribution in [0.2, 0.25) is 0 Å². The highest BCUT2D eigenvalue weighted by molar-refractivity contribution is 5.68. The number of carbonyl (C=O) groups excluding carboxylic acids is 1. The van der Waals surface area contributed by atoms with Gasteiger partial charge in [-0.3, -0.25) is 4.98 Å². The quantitative estimate of drug-likeness (QED) is 0.792. The van der Waals surface area contributed by atoms with Crippen LogP contribution in [0.1, 0.15) is 38.1 Å². The van der Waals surface area contributed by atoms with Gasteiger partial charge in [0, 0.05) is 12.7 Å². The number of nitrogens with zero attached hydrogens (tertiary/aromatic N) is 2. The number of ether oxygens (including phenoxy) is 2. The maximum atomic E-state index is 12.1. The zero-order chi connectivity index (χ0) is 14.8. The van der Waals surface area contributed by atoms with Gasteiger partial charge in [-0.1, -0.05) is 6.07 Å². The van der Waals surface area contributed by atoms with E-state index in [-0.39, 0.29) is 12.2 Å². The molecule has 20 heavy (non-hydrogen) atoms. The zero-order valence-corrected chi connectivity index (χ0v) is 12.5. The summed E-state index contributed by atoms with van der Waals surface area (Å²) in [6.45, 7) is 9.13. The molecule has 0 unspecified atom stereocenters. The fraction of sp³-hybridized carbons (Fsp3) is 0.600. The number of hydrogen-bond donors (Lipinski definition) is 0. The van der Waals surface area contributed by atoms with Crippen LogP contribution >= 0.6 is 0 Å². The van der Waals surface area contributed by atoms with Gasteiger partial charge in [0.15, 0.2) is 0 Å². The van der Waals surface area contributed by atoms with Crippen molar-refractivity contribution in [2.75, 3.05) is 19.7 Å². The number of aryl methyl sites for hydroxylation is 1. The summed E-state index contributed by atoms with van der Waals surface area (Å²) in [6.07, 6.45) is 1.27. The lowest BCUT2D eigenvalue weighted by atomic mass is 10.1. The summed E-state index contributed by atoms with van der Waals surface area (Å²) in [5.74, 6) is 0. The lowest BCUT2D eigenvalue weighted by Crippen LogP contribution is -2.45. The molecule has 0 aliphatic carbocycles. The van der Waals surface area contributed by atoms with E-state index < -0.39 is 5.60 Å². The minimum absolute atomic E-state index is 0.183. The smallest absolute Gasteiger partial charge is 0.410 e. The molecule has 1 fully saturated rings. The highest BCUT2D eigenvalue weighted by atomic mass is 16.6. The second kappa shape index (κ2) is 5.79. The van der Waals surface area contributed by atoms with Crippen LogP contribution in [0, 0.1) is 6.92 Å². The first-order valence-electron chi connectivity index (χ1n) is 6.88. The second-order valence-corrected chi connectivity index (χ2v) is 5.99. The SMILES string of the molecule is Cc1cccnc1[C@H]1CN(C(=O)OC(C)(C)C)CCO1. The standard InChI is InChI=1S/C15H22N2O3/c1-11-6-5-7-16-13(11)12-10-17(8-9-19-12)14(18)20-15(2,3)4/h5-7,12H,8-10H2,1-4H3/t12-/m1/s1. The van der Waals surface area contributed by atoms with E-state index in [4.69, 9.17) is 9.47 Å². The number of morpholine rings is 1. The average Bonchev–Trinajstić information content (AvgIpc) is 2.37. The Morgan fingerprint density at radius 2 is 2.25 bits per heavy atom. The first-order chi connectivity index (χ1) is 9.37. The lowest BCUT2D eigenvalue weighted by Gasteiger charge is -2.34. The van der Waals surface area contributed by atoms with Gasteiger partial charge < -0.3 is 14.4 Å². The third kappa shape index (κ3) is 3.70. The van der Waals surface area contributed by atoms with E-state index in [0.717, 1.165) is 11.3 Å². The number of pyridine rings is 1. The van der Waals surface area contributed by atoms with Crippen molar-refractivity contribution in [3.05, 3.63) is 29.6 Å². The predicted molar refractivity (Wildman–Crippen MR) is 75.5 cm³/mol. The van der Waals surface area contributed by atoms with Gasteiger partial charge in [-0.2, -0.15) is 0 Å². The van der Waals surface area contributed by atoms with E-state index in [1.54, 1.807) is 11.1 Å². The number of carbonyl (C=O) groups is 1. The molecule has 0 spiro atoms. The van der Waals surface area contributed by atoms with Crippen molar-refractivity contribution in [1.82, 2.24) is 9.88 Å². The van der Waals surface area contributed by atoms with Crippen molar-refractivity contribution in [1.29, 1.82) is 0 Å². The maximum absolute atomic E-state index is 12.1. The minimum Gasteiger partial charge on any atom is -0.444 e. The maximum Gasteiger partial charge on any atom is 0.410 e. The number of hydrogen-bond acceptors (Lipinski definition) is 4. The molecule has 0 radical (unpaired) electrons. The van der Waals surface area contributed by atoms with Crippen molar-refractivity contribution < 1.29 is 14.3 Å². The van der Waals surface area contributed by atoms with Gasteiger partial charge in [0.05, 0.1) is 18.8 Å². The summed E-state index contributed by atoms with van der Waals surface area (Å²) >= 11 is 0. The van der Waals surface area contributed by atoms with Gasteiger partial charge in [0.25, 0.3) is 0 Å². The Morgan fingerprint density at radius 1 is 1.50 bits per heavy atom. The molecule has 2 rings (SSSR count). The van der Waals surface area contributed by atoms with Crippen LogP contribution in [0.25, 0.3) is 0 Å². The molecule has 1 saturated heterocycles. The second-order valence-electron chi connectivity index (χ2n) is 5.99. The number of amides is 1. The van der Waals surface area contributed by atoms with E-state index in [1.165, 1.54) is 0 Å². The fourth-order valence-electron chi connectivity index (χ4n) is 2.14. The van der Waals surface area contributed by atoms with Crippen LogP contribution in [-0.4, -0.2) is 41.3 Å². The summed E-state index contributed by atoms with van der Waals surface area (Å²) in [5.41, 5.74) is 1.48. The first-order valence-corrected chi connectivity index (χ1v) is 6.88. The van der Waals surface area contributed by atoms with Crippen LogP contribution in [-0.2, 0) is 9.47 Å². The molecule has 0 N–H and O–H groups in total. The van der Waals surface area contributed by atoms with E-state index in [0.29, 0.717) is 19.7 Å². The summed E-state index contributed by atoms with van der Waals surface area (Å²) in [7, 11) is 0. The molecule has 5 heteroatoms. The van der Waals surface area contributed by atoms with Crippen molar-refractivity contribution in [3.8, 4) is 0 Å². The third-order valence-corrected chi connectivity index (χ3v) is 3.07. The van der Waals surface area contributed by atoms with Gasteiger partial charge in [0.2, 0.25) is 0 Å². The number of rotatable bonds is 1. The Bertz CT molecular complexity index is 482. The van der Waals surface area contributed by atoms with E-state index in [2.05, 4.69) is 4.98 Å². The Hall–Kier alpha value is -1.62. The van der Waals surface area contributed by atoms with Gasteiger partial charge in [0.1, 0.15) is 11.7 Å². The molecule has 1 aromatic rings. The Kier molecular flexibility index (Phi) is 4.28. The van der Waals surface area contributed by atoms with Gasteiger partial charge in [-0.25, -0.2) is 4.79 Å². The van der Waals surface area contributed by atoms with Crippen molar-refractivity contribution >= 4 is 6.09 Å². The average molecular weight is 278 g/mol. The minimum atomic E-state index is -0.480. The normalized spacial score (nSPS) is 19.8. The molecule has 1 aliphatic rings. The zero-order valence-electron chi connectivity index (χ0n) is 12.5. The molecule has 1 aliphatic heterocycles. The Morgan fingerprint density at radius 3 is 2.90 bits per heavy atom. The van der Waals surface area contributed by atoms with Gasteiger partial charge >= 0.3 is 6.09 Å². The molecule has 0 bridgehead atoms. The molecule has 5 nitrogen and oxygen atoms in total. The molecular weight excluding hydrogens is 256 g/mol. The highest BCUT2D eigenvalue weighted by Crippen LogP contribution is 2.24. The van der Waals surface area contributed by atoms with Crippen LogP contribution in [0.15, 0.2) is 18.3 Å². The molecular formula is C15H22N2O3. The molecule has 1 atom stereocenters. The summed E-state index contributed by atoms with van der Waals surface area (Å²) in [5, 5.41) is 0. The van der Waals surface area contributed by atoms with Crippen molar-refractivity contribution in [3.63, 3.8) is 0 Å².